The summed E-state index contributed by atoms with van der Waals surface area (Å²) in [5.74, 6) is -0.116. The Kier molecular flexibility index (Phi) is 5.85. The summed E-state index contributed by atoms with van der Waals surface area (Å²) in [4.78, 5) is 24.6. The largest absolute Gasteiger partial charge is 0.353 e. The number of para-hydroxylation sites is 2. The lowest BCUT2D eigenvalue weighted by Crippen LogP contribution is -2.40. The minimum absolute atomic E-state index is 0. The summed E-state index contributed by atoms with van der Waals surface area (Å²) < 4.78 is 3.25. The maximum atomic E-state index is 12.4. The van der Waals surface area contributed by atoms with E-state index in [1.165, 1.54) is 0 Å². The van der Waals surface area contributed by atoms with Crippen LogP contribution in [0.2, 0.25) is 0 Å². The number of aryl methyl sites for hydroxylation is 1. The van der Waals surface area contributed by atoms with Crippen LogP contribution < -0.4 is 16.3 Å². The van der Waals surface area contributed by atoms with Crippen molar-refractivity contribution < 1.29 is 4.79 Å². The van der Waals surface area contributed by atoms with Crippen molar-refractivity contribution in [2.75, 3.05) is 13.1 Å². The Labute approximate surface area is 141 Å². The first-order valence-corrected chi connectivity index (χ1v) is 7.89. The Balaban J connectivity index is 0.00000192. The first-order valence-electron chi connectivity index (χ1n) is 7.89. The number of benzene rings is 1. The van der Waals surface area contributed by atoms with Crippen LogP contribution in [0.5, 0.6) is 0 Å². The highest BCUT2D eigenvalue weighted by Crippen LogP contribution is 2.12. The van der Waals surface area contributed by atoms with Crippen molar-refractivity contribution in [1.82, 2.24) is 19.8 Å². The van der Waals surface area contributed by atoms with Crippen molar-refractivity contribution in [2.24, 2.45) is 0 Å². The van der Waals surface area contributed by atoms with Crippen LogP contribution in [-0.2, 0) is 17.9 Å². The number of nitrogens with zero attached hydrogens (tertiary/aromatic N) is 2. The number of carbonyl (C=O) groups is 1. The lowest BCUT2D eigenvalue weighted by atomic mass is 10.2. The van der Waals surface area contributed by atoms with E-state index in [1.807, 2.05) is 31.2 Å². The molecule has 0 radical (unpaired) electrons. The summed E-state index contributed by atoms with van der Waals surface area (Å²) in [6.07, 6.45) is 2.25. The van der Waals surface area contributed by atoms with Crippen LogP contribution in [0.15, 0.2) is 29.1 Å². The number of aromatic nitrogens is 2. The van der Waals surface area contributed by atoms with Gasteiger partial charge < -0.3 is 10.6 Å². The summed E-state index contributed by atoms with van der Waals surface area (Å²) in [7, 11) is 0. The average molecular weight is 339 g/mol. The van der Waals surface area contributed by atoms with Crippen molar-refractivity contribution in [2.45, 2.75) is 38.9 Å². The predicted molar refractivity (Wildman–Crippen MR) is 93.2 cm³/mol. The third kappa shape index (κ3) is 3.59. The van der Waals surface area contributed by atoms with E-state index in [0.29, 0.717) is 19.1 Å². The molecule has 7 heteroatoms. The van der Waals surface area contributed by atoms with Crippen molar-refractivity contribution in [3.63, 3.8) is 0 Å². The molecule has 126 valence electrons. The average Bonchev–Trinajstić information content (AvgIpc) is 3.13. The Bertz CT molecular complexity index is 731. The van der Waals surface area contributed by atoms with Gasteiger partial charge >= 0.3 is 5.69 Å². The van der Waals surface area contributed by atoms with Gasteiger partial charge in [0.05, 0.1) is 11.0 Å². The fraction of sp³-hybridized carbons (Fsp3) is 0.500. The molecular weight excluding hydrogens is 316 g/mol. The van der Waals surface area contributed by atoms with Gasteiger partial charge in [0.15, 0.2) is 0 Å². The normalized spacial score (nSPS) is 17.2. The molecule has 1 fully saturated rings. The Hall–Kier alpha value is -1.79. The maximum absolute atomic E-state index is 12.4. The van der Waals surface area contributed by atoms with E-state index in [2.05, 4.69) is 10.6 Å². The van der Waals surface area contributed by atoms with Gasteiger partial charge in [0.2, 0.25) is 5.91 Å². The number of halogens is 1. The quantitative estimate of drug-likeness (QED) is 0.858. The second-order valence-electron chi connectivity index (χ2n) is 5.70. The van der Waals surface area contributed by atoms with Crippen LogP contribution in [0.1, 0.15) is 19.8 Å². The molecule has 23 heavy (non-hydrogen) atoms. The zero-order valence-corrected chi connectivity index (χ0v) is 14.1. The number of amides is 1. The number of hydrogen-bond donors (Lipinski definition) is 2. The molecule has 0 bridgehead atoms. The van der Waals surface area contributed by atoms with Gasteiger partial charge in [0, 0.05) is 19.1 Å². The molecule has 2 heterocycles. The molecule has 1 aromatic heterocycles. The Morgan fingerprint density at radius 2 is 2.00 bits per heavy atom. The van der Waals surface area contributed by atoms with Gasteiger partial charge in [-0.3, -0.25) is 13.9 Å². The van der Waals surface area contributed by atoms with Gasteiger partial charge in [-0.2, -0.15) is 0 Å². The lowest BCUT2D eigenvalue weighted by Gasteiger charge is -2.11. The molecule has 1 aliphatic rings. The van der Waals surface area contributed by atoms with E-state index in [-0.39, 0.29) is 30.5 Å². The van der Waals surface area contributed by atoms with E-state index in [0.717, 1.165) is 30.4 Å². The standard InChI is InChI=1S/C16H22N4O2.ClH/c1-2-19-13-7-3-4-8-14(13)20(16(19)22)11-15(21)18-10-12-6-5-9-17-12;/h3-4,7-8,12,17H,2,5-6,9-11H2,1H3,(H,18,21);1H. The highest BCUT2D eigenvalue weighted by atomic mass is 35.5. The fourth-order valence-corrected chi connectivity index (χ4v) is 3.10. The molecule has 1 amide bonds. The van der Waals surface area contributed by atoms with E-state index in [4.69, 9.17) is 0 Å². The maximum Gasteiger partial charge on any atom is 0.329 e. The van der Waals surface area contributed by atoms with E-state index >= 15 is 0 Å². The van der Waals surface area contributed by atoms with Crippen molar-refractivity contribution in [3.8, 4) is 0 Å². The smallest absolute Gasteiger partial charge is 0.329 e. The highest BCUT2D eigenvalue weighted by molar-refractivity contribution is 5.85. The molecule has 6 nitrogen and oxygen atoms in total. The van der Waals surface area contributed by atoms with Gasteiger partial charge in [-0.05, 0) is 38.4 Å². The van der Waals surface area contributed by atoms with E-state index < -0.39 is 0 Å². The number of imidazole rings is 1. The summed E-state index contributed by atoms with van der Waals surface area (Å²) in [5.41, 5.74) is 1.56. The summed E-state index contributed by atoms with van der Waals surface area (Å²) in [6, 6.07) is 7.95. The molecule has 0 spiro atoms. The number of fused-ring (bicyclic) bond motifs is 1. The third-order valence-corrected chi connectivity index (χ3v) is 4.25. The SMILES string of the molecule is CCn1c(=O)n(CC(=O)NCC2CCCN2)c2ccccc21.Cl. The number of nitrogens with one attached hydrogen (secondary N) is 2. The summed E-state index contributed by atoms with van der Waals surface area (Å²) in [5, 5.41) is 6.26. The molecule has 0 saturated carbocycles. The van der Waals surface area contributed by atoms with Crippen molar-refractivity contribution in [3.05, 3.63) is 34.7 Å². The van der Waals surface area contributed by atoms with Gasteiger partial charge in [0.1, 0.15) is 6.54 Å². The number of rotatable bonds is 5. The first kappa shape index (κ1) is 17.6. The van der Waals surface area contributed by atoms with Crippen molar-refractivity contribution >= 4 is 29.3 Å². The molecule has 1 atom stereocenters. The molecule has 0 aliphatic carbocycles. The molecular formula is C16H23ClN4O2. The van der Waals surface area contributed by atoms with Gasteiger partial charge in [-0.1, -0.05) is 12.1 Å². The van der Waals surface area contributed by atoms with Crippen LogP contribution >= 0.6 is 12.4 Å². The van der Waals surface area contributed by atoms with Gasteiger partial charge in [0.25, 0.3) is 0 Å². The molecule has 2 aromatic rings. The van der Waals surface area contributed by atoms with Crippen LogP contribution in [-0.4, -0.2) is 34.2 Å². The molecule has 1 aromatic carbocycles. The van der Waals surface area contributed by atoms with E-state index in [9.17, 15) is 9.59 Å². The van der Waals surface area contributed by atoms with Crippen LogP contribution in [0.4, 0.5) is 0 Å². The molecule has 1 saturated heterocycles. The van der Waals surface area contributed by atoms with Crippen LogP contribution in [0, 0.1) is 0 Å². The van der Waals surface area contributed by atoms with Gasteiger partial charge in [-0.25, -0.2) is 4.79 Å². The molecule has 1 aliphatic heterocycles. The highest BCUT2D eigenvalue weighted by Gasteiger charge is 2.17. The monoisotopic (exact) mass is 338 g/mol. The molecule has 1 unspecified atom stereocenters. The minimum Gasteiger partial charge on any atom is -0.353 e. The summed E-state index contributed by atoms with van der Waals surface area (Å²) in [6.45, 7) is 4.24. The lowest BCUT2D eigenvalue weighted by molar-refractivity contribution is -0.121. The third-order valence-electron chi connectivity index (χ3n) is 4.25. The molecule has 2 N–H and O–H groups in total. The first-order chi connectivity index (χ1) is 10.7. The van der Waals surface area contributed by atoms with Crippen molar-refractivity contribution in [1.29, 1.82) is 0 Å². The van der Waals surface area contributed by atoms with Gasteiger partial charge in [-0.15, -0.1) is 12.4 Å². The van der Waals surface area contributed by atoms with Crippen LogP contribution in [0.25, 0.3) is 11.0 Å². The van der Waals surface area contributed by atoms with Crippen LogP contribution in [0.3, 0.4) is 0 Å². The number of carbonyl (C=O) groups excluding carboxylic acids is 1. The minimum atomic E-state index is -0.127. The Morgan fingerprint density at radius 3 is 2.61 bits per heavy atom. The zero-order valence-electron chi connectivity index (χ0n) is 13.2. The topological polar surface area (TPSA) is 68.1 Å². The Morgan fingerprint density at radius 1 is 1.30 bits per heavy atom. The fourth-order valence-electron chi connectivity index (χ4n) is 3.10. The van der Waals surface area contributed by atoms with E-state index in [1.54, 1.807) is 9.13 Å². The number of hydrogen-bond acceptors (Lipinski definition) is 3. The summed E-state index contributed by atoms with van der Waals surface area (Å²) >= 11 is 0. The predicted octanol–water partition coefficient (Wildman–Crippen LogP) is 1.11. The second-order valence-corrected chi connectivity index (χ2v) is 5.70. The molecule has 3 rings (SSSR count). The second kappa shape index (κ2) is 7.66. The zero-order chi connectivity index (χ0) is 15.5.